The lowest BCUT2D eigenvalue weighted by atomic mass is 10.1. The highest BCUT2D eigenvalue weighted by atomic mass is 16.2. The molecule has 0 aromatic heterocycles. The maximum atomic E-state index is 11.6. The Hall–Kier alpha value is -1.75. The molecule has 1 fully saturated rings. The molecule has 7 heteroatoms. The van der Waals surface area contributed by atoms with E-state index in [0.29, 0.717) is 19.4 Å². The summed E-state index contributed by atoms with van der Waals surface area (Å²) < 4.78 is 0. The van der Waals surface area contributed by atoms with Gasteiger partial charge in [-0.15, -0.1) is 0 Å². The first-order valence-electron chi connectivity index (χ1n) is 5.19. The van der Waals surface area contributed by atoms with Crippen molar-refractivity contribution >= 4 is 11.8 Å². The molecule has 1 saturated heterocycles. The molecule has 0 aromatic rings. The minimum Gasteiger partial charge on any atom is -0.368 e. The van der Waals surface area contributed by atoms with Gasteiger partial charge in [-0.3, -0.25) is 9.59 Å². The predicted octanol–water partition coefficient (Wildman–Crippen LogP) is 0.409. The Balaban J connectivity index is 2.66. The van der Waals surface area contributed by atoms with Gasteiger partial charge in [-0.05, 0) is 17.9 Å². The standard InChI is InChI=1S/C9H15N5O2/c1-2-7(9(10)16)14-5-6(3-8(14)15)4-12-13-11/h6-7H,2-5H2,1H3,(H2,10,16)/t6?,7-/m0/s1. The number of hydrogen-bond acceptors (Lipinski definition) is 3. The smallest absolute Gasteiger partial charge is 0.240 e. The molecule has 2 N–H and O–H groups in total. The minimum atomic E-state index is -0.538. The third-order valence-corrected chi connectivity index (χ3v) is 2.73. The molecule has 0 spiro atoms. The number of carbonyl (C=O) groups excluding carboxylic acids is 2. The molecule has 7 nitrogen and oxygen atoms in total. The Bertz CT molecular complexity index is 337. The molecule has 0 radical (unpaired) electrons. The van der Waals surface area contributed by atoms with Gasteiger partial charge in [0, 0.05) is 24.4 Å². The van der Waals surface area contributed by atoms with E-state index >= 15 is 0 Å². The molecule has 0 aromatic carbocycles. The first-order chi connectivity index (χ1) is 7.60. The van der Waals surface area contributed by atoms with Gasteiger partial charge in [-0.2, -0.15) is 0 Å². The largest absolute Gasteiger partial charge is 0.368 e. The molecule has 2 atom stereocenters. The lowest BCUT2D eigenvalue weighted by Crippen LogP contribution is -2.45. The lowest BCUT2D eigenvalue weighted by molar-refractivity contribution is -0.136. The van der Waals surface area contributed by atoms with Crippen LogP contribution in [-0.4, -0.2) is 35.8 Å². The van der Waals surface area contributed by atoms with E-state index in [4.69, 9.17) is 11.3 Å². The Morgan fingerprint density at radius 3 is 3.00 bits per heavy atom. The molecule has 16 heavy (non-hydrogen) atoms. The van der Waals surface area contributed by atoms with Gasteiger partial charge >= 0.3 is 0 Å². The highest BCUT2D eigenvalue weighted by molar-refractivity contribution is 5.87. The lowest BCUT2D eigenvalue weighted by Gasteiger charge is -2.24. The fourth-order valence-electron chi connectivity index (χ4n) is 1.96. The second kappa shape index (κ2) is 5.37. The summed E-state index contributed by atoms with van der Waals surface area (Å²) in [5.74, 6) is -0.583. The molecule has 1 unspecified atom stereocenters. The maximum absolute atomic E-state index is 11.6. The summed E-state index contributed by atoms with van der Waals surface area (Å²) in [5.41, 5.74) is 13.4. The molecule has 0 aliphatic carbocycles. The van der Waals surface area contributed by atoms with E-state index < -0.39 is 11.9 Å². The van der Waals surface area contributed by atoms with Crippen LogP contribution in [0.1, 0.15) is 19.8 Å². The Labute approximate surface area is 93.2 Å². The number of likely N-dealkylation sites (tertiary alicyclic amines) is 1. The average molecular weight is 225 g/mol. The van der Waals surface area contributed by atoms with Crippen LogP contribution in [0, 0.1) is 5.92 Å². The second-order valence-electron chi connectivity index (χ2n) is 3.86. The van der Waals surface area contributed by atoms with Crippen molar-refractivity contribution in [3.8, 4) is 0 Å². The average Bonchev–Trinajstić information content (AvgIpc) is 2.58. The number of rotatable bonds is 5. The highest BCUT2D eigenvalue weighted by Crippen LogP contribution is 2.21. The Morgan fingerprint density at radius 1 is 1.81 bits per heavy atom. The van der Waals surface area contributed by atoms with Crippen LogP contribution in [0.2, 0.25) is 0 Å². The Kier molecular flexibility index (Phi) is 4.13. The van der Waals surface area contributed by atoms with Crippen molar-refractivity contribution < 1.29 is 9.59 Å². The first kappa shape index (κ1) is 12.3. The van der Waals surface area contributed by atoms with Crippen LogP contribution in [0.5, 0.6) is 0 Å². The summed E-state index contributed by atoms with van der Waals surface area (Å²) >= 11 is 0. The third kappa shape index (κ3) is 2.64. The van der Waals surface area contributed by atoms with E-state index in [9.17, 15) is 9.59 Å². The van der Waals surface area contributed by atoms with Gasteiger partial charge in [0.05, 0.1) is 0 Å². The number of nitrogens with zero attached hydrogens (tertiary/aromatic N) is 4. The van der Waals surface area contributed by atoms with Gasteiger partial charge in [0.1, 0.15) is 6.04 Å². The number of nitrogens with two attached hydrogens (primary N) is 1. The first-order valence-corrected chi connectivity index (χ1v) is 5.19. The van der Waals surface area contributed by atoms with Crippen molar-refractivity contribution in [1.82, 2.24) is 4.90 Å². The van der Waals surface area contributed by atoms with Crippen molar-refractivity contribution in [2.45, 2.75) is 25.8 Å². The second-order valence-corrected chi connectivity index (χ2v) is 3.86. The van der Waals surface area contributed by atoms with Gasteiger partial charge in [-0.25, -0.2) is 0 Å². The molecule has 1 heterocycles. The van der Waals surface area contributed by atoms with Gasteiger partial charge in [0.25, 0.3) is 0 Å². The molecular formula is C9H15N5O2. The third-order valence-electron chi connectivity index (χ3n) is 2.73. The van der Waals surface area contributed by atoms with E-state index in [1.54, 1.807) is 0 Å². The number of carbonyl (C=O) groups is 2. The van der Waals surface area contributed by atoms with Gasteiger partial charge in [0.15, 0.2) is 0 Å². The molecular weight excluding hydrogens is 210 g/mol. The van der Waals surface area contributed by atoms with E-state index in [1.807, 2.05) is 6.92 Å². The highest BCUT2D eigenvalue weighted by Gasteiger charge is 2.35. The molecule has 0 saturated carbocycles. The van der Waals surface area contributed by atoms with Crippen LogP contribution in [0.15, 0.2) is 5.11 Å². The van der Waals surface area contributed by atoms with Crippen molar-refractivity contribution in [3.63, 3.8) is 0 Å². The summed E-state index contributed by atoms with van der Waals surface area (Å²) in [6.45, 7) is 2.54. The summed E-state index contributed by atoms with van der Waals surface area (Å²) in [6.07, 6.45) is 0.831. The van der Waals surface area contributed by atoms with E-state index in [0.717, 1.165) is 0 Å². The topological polar surface area (TPSA) is 112 Å². The minimum absolute atomic E-state index is 0.00296. The van der Waals surface area contributed by atoms with E-state index in [1.165, 1.54) is 4.90 Å². The normalized spacial score (nSPS) is 21.7. The summed E-state index contributed by atoms with van der Waals surface area (Å²) in [6, 6.07) is -0.538. The predicted molar refractivity (Wildman–Crippen MR) is 57.1 cm³/mol. The number of amides is 2. The summed E-state index contributed by atoms with van der Waals surface area (Å²) in [5, 5.41) is 3.44. The van der Waals surface area contributed by atoms with Crippen molar-refractivity contribution in [2.24, 2.45) is 16.8 Å². The number of azide groups is 1. The molecule has 0 bridgehead atoms. The van der Waals surface area contributed by atoms with Crippen LogP contribution >= 0.6 is 0 Å². The quantitative estimate of drug-likeness (QED) is 0.415. The zero-order valence-corrected chi connectivity index (χ0v) is 9.17. The van der Waals surface area contributed by atoms with Crippen LogP contribution < -0.4 is 5.73 Å². The van der Waals surface area contributed by atoms with Crippen LogP contribution in [-0.2, 0) is 9.59 Å². The van der Waals surface area contributed by atoms with E-state index in [-0.39, 0.29) is 18.4 Å². The van der Waals surface area contributed by atoms with Gasteiger partial charge < -0.3 is 10.6 Å². The van der Waals surface area contributed by atoms with Crippen LogP contribution in [0.4, 0.5) is 0 Å². The van der Waals surface area contributed by atoms with Crippen molar-refractivity contribution in [3.05, 3.63) is 10.4 Å². The fourth-order valence-corrected chi connectivity index (χ4v) is 1.96. The van der Waals surface area contributed by atoms with Crippen LogP contribution in [0.3, 0.4) is 0 Å². The SMILES string of the molecule is CC[C@@H](C(N)=O)N1CC(CN=[N+]=[N-])CC1=O. The molecule has 2 amide bonds. The maximum Gasteiger partial charge on any atom is 0.240 e. The van der Waals surface area contributed by atoms with Gasteiger partial charge in [0.2, 0.25) is 11.8 Å². The summed E-state index contributed by atoms with van der Waals surface area (Å²) in [4.78, 5) is 26.9. The Morgan fingerprint density at radius 2 is 2.50 bits per heavy atom. The number of primary amides is 1. The van der Waals surface area contributed by atoms with E-state index in [2.05, 4.69) is 10.0 Å². The monoisotopic (exact) mass is 225 g/mol. The van der Waals surface area contributed by atoms with Crippen LogP contribution in [0.25, 0.3) is 10.4 Å². The van der Waals surface area contributed by atoms with Crippen molar-refractivity contribution in [2.75, 3.05) is 13.1 Å². The summed E-state index contributed by atoms with van der Waals surface area (Å²) in [7, 11) is 0. The molecule has 1 aliphatic rings. The fraction of sp³-hybridized carbons (Fsp3) is 0.778. The zero-order chi connectivity index (χ0) is 12.1. The van der Waals surface area contributed by atoms with Gasteiger partial charge in [-0.1, -0.05) is 12.0 Å². The molecule has 88 valence electrons. The van der Waals surface area contributed by atoms with Crippen molar-refractivity contribution in [1.29, 1.82) is 0 Å². The molecule has 1 rings (SSSR count). The number of hydrogen-bond donors (Lipinski definition) is 1. The molecule has 1 aliphatic heterocycles. The zero-order valence-electron chi connectivity index (χ0n) is 9.17.